The highest BCUT2D eigenvalue weighted by atomic mass is 16.5. The van der Waals surface area contributed by atoms with Crippen LogP contribution in [0.3, 0.4) is 0 Å². The van der Waals surface area contributed by atoms with E-state index in [0.29, 0.717) is 18.0 Å². The molecule has 0 saturated carbocycles. The Morgan fingerprint density at radius 3 is 2.59 bits per heavy atom. The standard InChI is InChI=1S/C19H20N4O4/c1-27-16-9-5-8-15(12-16)23-20-17(19(25)26)18(21-23)22(10-11-24)13-14-6-3-2-4-7-14/h2-9,12,24H,10-11,13H2,1H3,(H,25,26). The van der Waals surface area contributed by atoms with Gasteiger partial charge in [-0.1, -0.05) is 36.4 Å². The number of nitrogens with zero attached hydrogens (tertiary/aromatic N) is 4. The van der Waals surface area contributed by atoms with Gasteiger partial charge in [0.15, 0.2) is 5.82 Å². The molecule has 140 valence electrons. The number of hydrogen-bond acceptors (Lipinski definition) is 6. The third-order valence-electron chi connectivity index (χ3n) is 3.97. The molecule has 0 aliphatic heterocycles. The molecule has 0 fully saturated rings. The van der Waals surface area contributed by atoms with Gasteiger partial charge in [0.25, 0.3) is 0 Å². The van der Waals surface area contributed by atoms with Crippen LogP contribution in [0.5, 0.6) is 5.75 Å². The highest BCUT2D eigenvalue weighted by molar-refractivity contribution is 5.91. The summed E-state index contributed by atoms with van der Waals surface area (Å²) in [5.74, 6) is -0.377. The van der Waals surface area contributed by atoms with Crippen molar-refractivity contribution < 1.29 is 19.7 Å². The lowest BCUT2D eigenvalue weighted by Gasteiger charge is -2.21. The Hall–Kier alpha value is -3.39. The number of methoxy groups -OCH3 is 1. The summed E-state index contributed by atoms with van der Waals surface area (Å²) in [4.78, 5) is 14.7. The zero-order chi connectivity index (χ0) is 19.2. The van der Waals surface area contributed by atoms with Crippen molar-refractivity contribution in [2.45, 2.75) is 6.54 Å². The summed E-state index contributed by atoms with van der Waals surface area (Å²) >= 11 is 0. The quantitative estimate of drug-likeness (QED) is 0.627. The van der Waals surface area contributed by atoms with E-state index < -0.39 is 5.97 Å². The van der Waals surface area contributed by atoms with Gasteiger partial charge in [0.2, 0.25) is 5.69 Å². The summed E-state index contributed by atoms with van der Waals surface area (Å²) in [5, 5.41) is 27.5. The maximum absolute atomic E-state index is 11.7. The Labute approximate surface area is 156 Å². The normalized spacial score (nSPS) is 10.6. The molecule has 0 saturated heterocycles. The Bertz CT molecular complexity index is 911. The van der Waals surface area contributed by atoms with Crippen LogP contribution >= 0.6 is 0 Å². The van der Waals surface area contributed by atoms with Crippen LogP contribution in [0.25, 0.3) is 5.69 Å². The number of aliphatic hydroxyl groups is 1. The third kappa shape index (κ3) is 4.24. The minimum Gasteiger partial charge on any atom is -0.497 e. The number of ether oxygens (including phenoxy) is 1. The molecule has 27 heavy (non-hydrogen) atoms. The van der Waals surface area contributed by atoms with Crippen LogP contribution in [0.2, 0.25) is 0 Å². The molecule has 2 N–H and O–H groups in total. The largest absolute Gasteiger partial charge is 0.497 e. The van der Waals surface area contributed by atoms with Crippen LogP contribution < -0.4 is 9.64 Å². The molecule has 2 aromatic carbocycles. The van der Waals surface area contributed by atoms with Gasteiger partial charge in [-0.25, -0.2) is 4.79 Å². The topological polar surface area (TPSA) is 101 Å². The highest BCUT2D eigenvalue weighted by Gasteiger charge is 2.24. The second-order valence-electron chi connectivity index (χ2n) is 5.80. The molecular weight excluding hydrogens is 348 g/mol. The summed E-state index contributed by atoms with van der Waals surface area (Å²) in [6.45, 7) is 0.488. The van der Waals surface area contributed by atoms with E-state index in [1.165, 1.54) is 4.80 Å². The number of benzene rings is 2. The minimum atomic E-state index is -1.19. The van der Waals surface area contributed by atoms with E-state index >= 15 is 0 Å². The number of aliphatic hydroxyl groups excluding tert-OH is 1. The lowest BCUT2D eigenvalue weighted by molar-refractivity contribution is 0.0690. The molecule has 0 spiro atoms. The molecule has 1 heterocycles. The summed E-state index contributed by atoms with van der Waals surface area (Å²) in [6.07, 6.45) is 0. The Kier molecular flexibility index (Phi) is 5.68. The van der Waals surface area contributed by atoms with Gasteiger partial charge in [-0.05, 0) is 17.7 Å². The van der Waals surface area contributed by atoms with E-state index in [2.05, 4.69) is 10.2 Å². The average Bonchev–Trinajstić information content (AvgIpc) is 3.14. The molecule has 8 nitrogen and oxygen atoms in total. The fourth-order valence-electron chi connectivity index (χ4n) is 2.69. The lowest BCUT2D eigenvalue weighted by Crippen LogP contribution is -2.28. The van der Waals surface area contributed by atoms with Crippen LogP contribution in [0.4, 0.5) is 5.82 Å². The summed E-state index contributed by atoms with van der Waals surface area (Å²) < 4.78 is 5.20. The second-order valence-corrected chi connectivity index (χ2v) is 5.80. The first kappa shape index (κ1) is 18.4. The van der Waals surface area contributed by atoms with Crippen LogP contribution in [0.1, 0.15) is 16.1 Å². The molecule has 0 bridgehead atoms. The van der Waals surface area contributed by atoms with Crippen LogP contribution in [0, 0.1) is 0 Å². The van der Waals surface area contributed by atoms with Crippen LogP contribution in [0.15, 0.2) is 54.6 Å². The first-order valence-electron chi connectivity index (χ1n) is 8.37. The minimum absolute atomic E-state index is 0.141. The zero-order valence-electron chi connectivity index (χ0n) is 14.8. The monoisotopic (exact) mass is 368 g/mol. The van der Waals surface area contributed by atoms with Crippen molar-refractivity contribution in [1.82, 2.24) is 15.0 Å². The van der Waals surface area contributed by atoms with Gasteiger partial charge in [0.1, 0.15) is 5.75 Å². The van der Waals surface area contributed by atoms with Gasteiger partial charge < -0.3 is 19.8 Å². The second kappa shape index (κ2) is 8.33. The SMILES string of the molecule is COc1cccc(-n2nc(C(=O)O)c(N(CCO)Cc3ccccc3)n2)c1. The van der Waals surface area contributed by atoms with Gasteiger partial charge in [0, 0.05) is 19.2 Å². The fourth-order valence-corrected chi connectivity index (χ4v) is 2.69. The molecule has 0 amide bonds. The van der Waals surface area contributed by atoms with E-state index in [1.807, 2.05) is 30.3 Å². The van der Waals surface area contributed by atoms with Gasteiger partial charge >= 0.3 is 5.97 Å². The molecule has 0 radical (unpaired) electrons. The van der Waals surface area contributed by atoms with Gasteiger partial charge in [0.05, 0.1) is 19.4 Å². The third-order valence-corrected chi connectivity index (χ3v) is 3.97. The van der Waals surface area contributed by atoms with Crippen LogP contribution in [-0.2, 0) is 6.54 Å². The van der Waals surface area contributed by atoms with Crippen molar-refractivity contribution in [2.24, 2.45) is 0 Å². The number of carbonyl (C=O) groups is 1. The molecule has 1 aromatic heterocycles. The van der Waals surface area contributed by atoms with E-state index in [9.17, 15) is 15.0 Å². The van der Waals surface area contributed by atoms with E-state index in [-0.39, 0.29) is 24.7 Å². The van der Waals surface area contributed by atoms with Crippen molar-refractivity contribution in [1.29, 1.82) is 0 Å². The van der Waals surface area contributed by atoms with Crippen LogP contribution in [-0.4, -0.2) is 51.4 Å². The molecule has 0 unspecified atom stereocenters. The number of hydrogen-bond donors (Lipinski definition) is 2. The Morgan fingerprint density at radius 2 is 1.93 bits per heavy atom. The zero-order valence-corrected chi connectivity index (χ0v) is 14.8. The average molecular weight is 368 g/mol. The lowest BCUT2D eigenvalue weighted by atomic mass is 10.2. The van der Waals surface area contributed by atoms with E-state index in [4.69, 9.17) is 4.74 Å². The Balaban J connectivity index is 2.01. The maximum atomic E-state index is 11.7. The molecule has 3 rings (SSSR count). The van der Waals surface area contributed by atoms with E-state index in [0.717, 1.165) is 5.56 Å². The van der Waals surface area contributed by atoms with Crippen molar-refractivity contribution in [2.75, 3.05) is 25.2 Å². The van der Waals surface area contributed by atoms with Crippen molar-refractivity contribution in [3.8, 4) is 11.4 Å². The first-order chi connectivity index (χ1) is 13.1. The number of rotatable bonds is 8. The number of aromatic nitrogens is 3. The number of anilines is 1. The van der Waals surface area contributed by atoms with Crippen molar-refractivity contribution in [3.63, 3.8) is 0 Å². The van der Waals surface area contributed by atoms with Crippen molar-refractivity contribution >= 4 is 11.8 Å². The fraction of sp³-hybridized carbons (Fsp3) is 0.211. The molecule has 0 aliphatic rings. The number of aromatic carboxylic acids is 1. The van der Waals surface area contributed by atoms with E-state index in [1.54, 1.807) is 36.3 Å². The predicted octanol–water partition coefficient (Wildman–Crippen LogP) is 1.97. The molecule has 0 aliphatic carbocycles. The number of carboxylic acid groups (broad SMARTS) is 1. The molecule has 0 atom stereocenters. The van der Waals surface area contributed by atoms with Gasteiger partial charge in [-0.2, -0.15) is 0 Å². The molecule has 3 aromatic rings. The van der Waals surface area contributed by atoms with Crippen molar-refractivity contribution in [3.05, 3.63) is 65.9 Å². The Morgan fingerprint density at radius 1 is 1.15 bits per heavy atom. The maximum Gasteiger partial charge on any atom is 0.360 e. The summed E-state index contributed by atoms with van der Waals surface area (Å²) in [7, 11) is 1.55. The summed E-state index contributed by atoms with van der Waals surface area (Å²) in [6, 6.07) is 16.6. The predicted molar refractivity (Wildman–Crippen MR) is 99.4 cm³/mol. The number of carboxylic acids is 1. The smallest absolute Gasteiger partial charge is 0.360 e. The van der Waals surface area contributed by atoms with Gasteiger partial charge in [-0.3, -0.25) is 0 Å². The first-order valence-corrected chi connectivity index (χ1v) is 8.37. The summed E-state index contributed by atoms with van der Waals surface area (Å²) in [5.41, 5.74) is 1.37. The molecular formula is C19H20N4O4. The van der Waals surface area contributed by atoms with Gasteiger partial charge in [-0.15, -0.1) is 15.0 Å². The molecule has 8 heteroatoms. The highest BCUT2D eigenvalue weighted by Crippen LogP contribution is 2.22.